The van der Waals surface area contributed by atoms with E-state index in [4.69, 9.17) is 4.99 Å². The first-order valence-corrected chi connectivity index (χ1v) is 9.52. The van der Waals surface area contributed by atoms with E-state index >= 15 is 0 Å². The van der Waals surface area contributed by atoms with Gasteiger partial charge in [-0.3, -0.25) is 19.6 Å². The zero-order valence-corrected chi connectivity index (χ0v) is 15.0. The van der Waals surface area contributed by atoms with E-state index in [2.05, 4.69) is 27.4 Å². The highest BCUT2D eigenvalue weighted by molar-refractivity contribution is 5.79. The minimum atomic E-state index is 0.312. The first kappa shape index (κ1) is 17.5. The number of nitrogens with one attached hydrogen (secondary N) is 2. The van der Waals surface area contributed by atoms with E-state index in [1.54, 1.807) is 0 Å². The van der Waals surface area contributed by atoms with Gasteiger partial charge in [-0.2, -0.15) is 0 Å². The summed E-state index contributed by atoms with van der Waals surface area (Å²) >= 11 is 0. The molecule has 4 saturated heterocycles. The van der Waals surface area contributed by atoms with Crippen molar-refractivity contribution in [1.29, 1.82) is 0 Å². The molecule has 7 nitrogen and oxygen atoms in total. The predicted octanol–water partition coefficient (Wildman–Crippen LogP) is -0.446. The number of nitrogens with zero attached hydrogens (tertiary/aromatic N) is 4. The van der Waals surface area contributed by atoms with Gasteiger partial charge in [0, 0.05) is 71.4 Å². The molecule has 7 heteroatoms. The van der Waals surface area contributed by atoms with Gasteiger partial charge in [0.1, 0.15) is 0 Å². The molecular formula is C17H32N6O. The minimum Gasteiger partial charge on any atom is -0.357 e. The van der Waals surface area contributed by atoms with Gasteiger partial charge < -0.3 is 15.5 Å². The van der Waals surface area contributed by atoms with Crippen LogP contribution in [-0.4, -0.2) is 98.1 Å². The molecule has 4 fully saturated rings. The third kappa shape index (κ3) is 4.60. The predicted molar refractivity (Wildman–Crippen MR) is 96.2 cm³/mol. The number of aliphatic imine (C=N–C) groups is 1. The van der Waals surface area contributed by atoms with Crippen LogP contribution in [0.5, 0.6) is 0 Å². The van der Waals surface area contributed by atoms with Crippen molar-refractivity contribution in [2.24, 2.45) is 4.99 Å². The Labute approximate surface area is 145 Å². The molecule has 0 spiro atoms. The van der Waals surface area contributed by atoms with E-state index in [1.807, 2.05) is 4.90 Å². The molecule has 1 atom stereocenters. The molecule has 0 aromatic carbocycles. The van der Waals surface area contributed by atoms with Crippen molar-refractivity contribution in [3.63, 3.8) is 0 Å². The molecule has 4 heterocycles. The van der Waals surface area contributed by atoms with Crippen LogP contribution in [0.1, 0.15) is 26.2 Å². The van der Waals surface area contributed by atoms with Crippen LogP contribution in [0, 0.1) is 0 Å². The van der Waals surface area contributed by atoms with Crippen LogP contribution in [-0.2, 0) is 4.79 Å². The number of carbonyl (C=O) groups is 1. The van der Waals surface area contributed by atoms with Gasteiger partial charge >= 0.3 is 0 Å². The number of piperazine rings is 3. The van der Waals surface area contributed by atoms with Crippen molar-refractivity contribution >= 4 is 11.9 Å². The zero-order chi connectivity index (χ0) is 16.8. The number of guanidine groups is 1. The van der Waals surface area contributed by atoms with Crippen LogP contribution >= 0.6 is 0 Å². The van der Waals surface area contributed by atoms with Gasteiger partial charge in [0.15, 0.2) is 5.96 Å². The Morgan fingerprint density at radius 3 is 2.67 bits per heavy atom. The molecule has 2 N–H and O–H groups in total. The van der Waals surface area contributed by atoms with Gasteiger partial charge in [0.05, 0.1) is 6.54 Å². The molecule has 0 aromatic rings. The molecule has 0 radical (unpaired) electrons. The lowest BCUT2D eigenvalue weighted by Gasteiger charge is -2.47. The Morgan fingerprint density at radius 2 is 2.04 bits per heavy atom. The Kier molecular flexibility index (Phi) is 6.31. The van der Waals surface area contributed by atoms with Crippen LogP contribution in [0.3, 0.4) is 0 Å². The molecule has 4 aliphatic rings. The lowest BCUT2D eigenvalue weighted by Crippen LogP contribution is -2.62. The summed E-state index contributed by atoms with van der Waals surface area (Å²) in [6.45, 7) is 12.4. The summed E-state index contributed by atoms with van der Waals surface area (Å²) in [6.07, 6.45) is 2.72. The van der Waals surface area contributed by atoms with Gasteiger partial charge in [0.25, 0.3) is 0 Å². The van der Waals surface area contributed by atoms with E-state index in [1.165, 1.54) is 26.2 Å². The molecule has 1 unspecified atom stereocenters. The smallest absolute Gasteiger partial charge is 0.222 e. The Morgan fingerprint density at radius 1 is 1.21 bits per heavy atom. The first-order valence-electron chi connectivity index (χ1n) is 9.52. The number of amides is 1. The van der Waals surface area contributed by atoms with Crippen LogP contribution in [0.15, 0.2) is 4.99 Å². The van der Waals surface area contributed by atoms with Crippen molar-refractivity contribution in [2.45, 2.75) is 32.2 Å². The lowest BCUT2D eigenvalue weighted by molar-refractivity contribution is -0.127. The van der Waals surface area contributed by atoms with E-state index in [9.17, 15) is 4.79 Å². The standard InChI is InChI=1S/C17H32N6O/c1-2-18-17(19-6-4-8-23-7-3-5-16(23)24)20-13-15-14-21-9-11-22(15)12-10-21/h15H,2-14H2,1H3,(H2,18,19,20). The quantitative estimate of drug-likeness (QED) is 0.375. The molecule has 1 amide bonds. The van der Waals surface area contributed by atoms with Crippen molar-refractivity contribution in [3.8, 4) is 0 Å². The van der Waals surface area contributed by atoms with Gasteiger partial charge in [-0.15, -0.1) is 0 Å². The van der Waals surface area contributed by atoms with E-state index in [-0.39, 0.29) is 0 Å². The average molecular weight is 336 g/mol. The third-order valence-electron chi connectivity index (χ3n) is 5.27. The maximum Gasteiger partial charge on any atom is 0.222 e. The molecule has 136 valence electrons. The average Bonchev–Trinajstić information content (AvgIpc) is 3.02. The molecule has 2 bridgehead atoms. The third-order valence-corrected chi connectivity index (χ3v) is 5.27. The molecular weight excluding hydrogens is 304 g/mol. The summed E-state index contributed by atoms with van der Waals surface area (Å²) in [7, 11) is 0. The van der Waals surface area contributed by atoms with Crippen molar-refractivity contribution in [1.82, 2.24) is 25.3 Å². The molecule has 24 heavy (non-hydrogen) atoms. The number of rotatable bonds is 7. The topological polar surface area (TPSA) is 63.2 Å². The molecule has 0 aromatic heterocycles. The molecule has 4 aliphatic heterocycles. The van der Waals surface area contributed by atoms with E-state index in [0.717, 1.165) is 64.5 Å². The Balaban J connectivity index is 1.39. The highest BCUT2D eigenvalue weighted by atomic mass is 16.2. The first-order chi connectivity index (χ1) is 11.8. The fourth-order valence-corrected chi connectivity index (χ4v) is 3.85. The fraction of sp³-hybridized carbons (Fsp3) is 0.882. The fourth-order valence-electron chi connectivity index (χ4n) is 3.85. The maximum absolute atomic E-state index is 11.6. The minimum absolute atomic E-state index is 0.312. The molecule has 0 aliphatic carbocycles. The van der Waals surface area contributed by atoms with E-state index < -0.39 is 0 Å². The van der Waals surface area contributed by atoms with Crippen molar-refractivity contribution in [3.05, 3.63) is 0 Å². The summed E-state index contributed by atoms with van der Waals surface area (Å²) < 4.78 is 0. The highest BCUT2D eigenvalue weighted by Crippen LogP contribution is 2.15. The number of carbonyl (C=O) groups excluding carboxylic acids is 1. The summed E-state index contributed by atoms with van der Waals surface area (Å²) in [4.78, 5) is 23.5. The van der Waals surface area contributed by atoms with Gasteiger partial charge in [0.2, 0.25) is 5.91 Å². The van der Waals surface area contributed by atoms with Crippen LogP contribution in [0.4, 0.5) is 0 Å². The van der Waals surface area contributed by atoms with Crippen LogP contribution < -0.4 is 10.6 Å². The summed E-state index contributed by atoms with van der Waals surface area (Å²) in [5, 5.41) is 6.74. The number of likely N-dealkylation sites (tertiary alicyclic amines) is 1. The summed E-state index contributed by atoms with van der Waals surface area (Å²) in [5.74, 6) is 1.22. The number of fused-ring (bicyclic) bond motifs is 3. The van der Waals surface area contributed by atoms with Gasteiger partial charge in [-0.25, -0.2) is 0 Å². The van der Waals surface area contributed by atoms with Crippen molar-refractivity contribution in [2.75, 3.05) is 65.4 Å². The van der Waals surface area contributed by atoms with Gasteiger partial charge in [-0.05, 0) is 19.8 Å². The normalized spacial score (nSPS) is 30.0. The second kappa shape index (κ2) is 8.67. The van der Waals surface area contributed by atoms with Crippen LogP contribution in [0.25, 0.3) is 0 Å². The second-order valence-corrected chi connectivity index (χ2v) is 6.97. The summed E-state index contributed by atoms with van der Waals surface area (Å²) in [5.41, 5.74) is 0. The second-order valence-electron chi connectivity index (χ2n) is 6.97. The maximum atomic E-state index is 11.6. The number of hydrogen-bond donors (Lipinski definition) is 2. The number of hydrogen-bond acceptors (Lipinski definition) is 4. The zero-order valence-electron chi connectivity index (χ0n) is 15.0. The van der Waals surface area contributed by atoms with Crippen molar-refractivity contribution < 1.29 is 4.79 Å². The molecule has 4 rings (SSSR count). The van der Waals surface area contributed by atoms with E-state index in [0.29, 0.717) is 11.9 Å². The largest absolute Gasteiger partial charge is 0.357 e. The SMILES string of the molecule is CCNC(=NCC1CN2CCN1CC2)NCCCN1CCCC1=O. The Bertz CT molecular complexity index is 446. The van der Waals surface area contributed by atoms with Crippen LogP contribution in [0.2, 0.25) is 0 Å². The van der Waals surface area contributed by atoms with Gasteiger partial charge in [-0.1, -0.05) is 0 Å². The lowest BCUT2D eigenvalue weighted by atomic mass is 10.1. The molecule has 0 saturated carbocycles. The Hall–Kier alpha value is -1.34. The monoisotopic (exact) mass is 336 g/mol. The highest BCUT2D eigenvalue weighted by Gasteiger charge is 2.31. The summed E-state index contributed by atoms with van der Waals surface area (Å²) in [6, 6.07) is 0.560.